The summed E-state index contributed by atoms with van der Waals surface area (Å²) in [4.78, 5) is 32.1. The molecule has 0 radical (unpaired) electrons. The molecule has 9 heteroatoms. The third-order valence-electron chi connectivity index (χ3n) is 8.38. The van der Waals surface area contributed by atoms with Gasteiger partial charge in [-0.05, 0) is 84.9 Å². The van der Waals surface area contributed by atoms with E-state index in [1.165, 1.54) is 12.8 Å². The number of aromatic amines is 1. The van der Waals surface area contributed by atoms with Gasteiger partial charge < -0.3 is 15.6 Å². The van der Waals surface area contributed by atoms with Gasteiger partial charge in [0.15, 0.2) is 0 Å². The van der Waals surface area contributed by atoms with Crippen LogP contribution in [-0.4, -0.2) is 50.4 Å². The average molecular weight is 602 g/mol. The number of anilines is 2. The van der Waals surface area contributed by atoms with Gasteiger partial charge in [0.25, 0.3) is 0 Å². The van der Waals surface area contributed by atoms with E-state index in [4.69, 9.17) is 4.98 Å². The number of hydrogen-bond acceptors (Lipinski definition) is 6. The van der Waals surface area contributed by atoms with E-state index in [2.05, 4.69) is 60.8 Å². The van der Waals surface area contributed by atoms with Crippen molar-refractivity contribution in [3.8, 4) is 22.3 Å². The number of H-pyrrole nitrogens is 1. The lowest BCUT2D eigenvalue weighted by Crippen LogP contribution is -2.18. The molecule has 45 heavy (non-hydrogen) atoms. The lowest BCUT2D eigenvalue weighted by molar-refractivity contribution is -0.116. The summed E-state index contributed by atoms with van der Waals surface area (Å²) in [5.74, 6) is 0.718. The highest BCUT2D eigenvalue weighted by Crippen LogP contribution is 2.37. The Morgan fingerprint density at radius 3 is 2.64 bits per heavy atom. The van der Waals surface area contributed by atoms with Crippen molar-refractivity contribution in [3.05, 3.63) is 96.1 Å². The molecule has 0 bridgehead atoms. The van der Waals surface area contributed by atoms with Crippen molar-refractivity contribution in [1.29, 1.82) is 0 Å². The number of nitrogens with zero attached hydrogens (tertiary/aromatic N) is 4. The SMILES string of the molecule is CC(C)CC(=O)Nc1cncc(-c2ccc3c(c2)C(c2nc4c(-c5cc(F)cc(CN6CCCC6)c5)cncc4[nH]2)=CCN3)c1. The van der Waals surface area contributed by atoms with Crippen LogP contribution in [-0.2, 0) is 11.3 Å². The highest BCUT2D eigenvalue weighted by Gasteiger charge is 2.21. The molecule has 7 rings (SSSR count). The summed E-state index contributed by atoms with van der Waals surface area (Å²) in [5.41, 5.74) is 9.58. The van der Waals surface area contributed by atoms with Crippen LogP contribution in [0.4, 0.5) is 15.8 Å². The molecular formula is C36H36FN7O. The van der Waals surface area contributed by atoms with Crippen molar-refractivity contribution >= 4 is 33.9 Å². The Hall–Kier alpha value is -4.89. The Bertz CT molecular complexity index is 1920. The van der Waals surface area contributed by atoms with E-state index in [0.717, 1.165) is 81.1 Å². The molecule has 0 aliphatic carbocycles. The zero-order valence-corrected chi connectivity index (χ0v) is 25.5. The number of amides is 1. The average Bonchev–Trinajstić information content (AvgIpc) is 3.70. The third kappa shape index (κ3) is 6.21. The second-order valence-electron chi connectivity index (χ2n) is 12.4. The van der Waals surface area contributed by atoms with Crippen LogP contribution in [0.3, 0.4) is 0 Å². The first kappa shape index (κ1) is 28.9. The largest absolute Gasteiger partial charge is 0.381 e. The summed E-state index contributed by atoms with van der Waals surface area (Å²) in [6.07, 6.45) is 12.0. The maximum Gasteiger partial charge on any atom is 0.224 e. The third-order valence-corrected chi connectivity index (χ3v) is 8.38. The number of rotatable bonds is 8. The number of aromatic nitrogens is 4. The van der Waals surface area contributed by atoms with Gasteiger partial charge in [0, 0.05) is 59.9 Å². The van der Waals surface area contributed by atoms with Crippen molar-refractivity contribution in [2.24, 2.45) is 5.92 Å². The Morgan fingerprint density at radius 2 is 1.80 bits per heavy atom. The summed E-state index contributed by atoms with van der Waals surface area (Å²) in [5, 5.41) is 6.43. The monoisotopic (exact) mass is 601 g/mol. The van der Waals surface area contributed by atoms with Gasteiger partial charge in [0.2, 0.25) is 5.91 Å². The number of carbonyl (C=O) groups is 1. The fourth-order valence-electron chi connectivity index (χ4n) is 6.31. The van der Waals surface area contributed by atoms with Gasteiger partial charge in [-0.3, -0.25) is 19.7 Å². The zero-order valence-electron chi connectivity index (χ0n) is 25.5. The maximum absolute atomic E-state index is 14.9. The van der Waals surface area contributed by atoms with E-state index in [-0.39, 0.29) is 17.6 Å². The number of fused-ring (bicyclic) bond motifs is 2. The molecule has 2 aliphatic rings. The first-order chi connectivity index (χ1) is 21.9. The number of carbonyl (C=O) groups excluding carboxylic acids is 1. The van der Waals surface area contributed by atoms with Crippen molar-refractivity contribution < 1.29 is 9.18 Å². The van der Waals surface area contributed by atoms with E-state index in [1.54, 1.807) is 36.9 Å². The van der Waals surface area contributed by atoms with Crippen LogP contribution >= 0.6 is 0 Å². The number of halogens is 1. The minimum absolute atomic E-state index is 0.0244. The van der Waals surface area contributed by atoms with E-state index in [1.807, 2.05) is 19.9 Å². The van der Waals surface area contributed by atoms with Gasteiger partial charge in [-0.1, -0.05) is 26.0 Å². The van der Waals surface area contributed by atoms with Gasteiger partial charge in [-0.15, -0.1) is 0 Å². The van der Waals surface area contributed by atoms with Gasteiger partial charge in [0.05, 0.1) is 29.1 Å². The molecule has 1 saturated heterocycles. The minimum atomic E-state index is -0.255. The van der Waals surface area contributed by atoms with Crippen LogP contribution in [0.5, 0.6) is 0 Å². The van der Waals surface area contributed by atoms with Crippen molar-refractivity contribution in [2.45, 2.75) is 39.7 Å². The standard InChI is InChI=1S/C36H36FN7O/c1-22(2)11-34(45)41-28-15-26(17-38-18-28)24-5-6-32-30(16-24)29(7-8-40-32)36-42-33-20-39-19-31(35(33)43-36)25-12-23(13-27(37)14-25)21-44-9-3-4-10-44/h5-7,12-20,22,40H,3-4,8-11,21H2,1-2H3,(H,41,45)(H,42,43). The molecule has 228 valence electrons. The van der Waals surface area contributed by atoms with Crippen LogP contribution in [0.2, 0.25) is 0 Å². The first-order valence-electron chi connectivity index (χ1n) is 15.6. The summed E-state index contributed by atoms with van der Waals surface area (Å²) >= 11 is 0. The van der Waals surface area contributed by atoms with Crippen LogP contribution in [0.25, 0.3) is 38.9 Å². The lowest BCUT2D eigenvalue weighted by Gasteiger charge is -2.19. The van der Waals surface area contributed by atoms with E-state index < -0.39 is 0 Å². The molecule has 0 unspecified atom stereocenters. The number of hydrogen-bond donors (Lipinski definition) is 3. The quantitative estimate of drug-likeness (QED) is 0.173. The Kier molecular flexibility index (Phi) is 7.85. The second-order valence-corrected chi connectivity index (χ2v) is 12.4. The first-order valence-corrected chi connectivity index (χ1v) is 15.6. The number of nitrogens with one attached hydrogen (secondary N) is 3. The molecule has 2 aromatic carbocycles. The van der Waals surface area contributed by atoms with E-state index in [0.29, 0.717) is 18.7 Å². The number of likely N-dealkylation sites (tertiary alicyclic amines) is 1. The topological polar surface area (TPSA) is 98.8 Å². The van der Waals surface area contributed by atoms with Crippen LogP contribution in [0.15, 0.2) is 73.3 Å². The lowest BCUT2D eigenvalue weighted by atomic mass is 9.95. The van der Waals surface area contributed by atoms with Gasteiger partial charge in [0.1, 0.15) is 11.6 Å². The Balaban J connectivity index is 1.21. The van der Waals surface area contributed by atoms with Crippen LogP contribution in [0, 0.1) is 11.7 Å². The fourth-order valence-corrected chi connectivity index (χ4v) is 6.31. The molecular weight excluding hydrogens is 565 g/mol. The Labute approximate surface area is 261 Å². The van der Waals surface area contributed by atoms with Crippen LogP contribution < -0.4 is 10.6 Å². The predicted molar refractivity (Wildman–Crippen MR) is 177 cm³/mol. The van der Waals surface area contributed by atoms with Gasteiger partial charge in [-0.2, -0.15) is 0 Å². The predicted octanol–water partition coefficient (Wildman–Crippen LogP) is 7.26. The molecule has 3 N–H and O–H groups in total. The van der Waals surface area contributed by atoms with Crippen LogP contribution in [0.1, 0.15) is 50.1 Å². The molecule has 3 aromatic heterocycles. The van der Waals surface area contributed by atoms with Gasteiger partial charge >= 0.3 is 0 Å². The summed E-state index contributed by atoms with van der Waals surface area (Å²) in [6, 6.07) is 13.4. The van der Waals surface area contributed by atoms with E-state index in [9.17, 15) is 9.18 Å². The molecule has 5 heterocycles. The molecule has 0 spiro atoms. The van der Waals surface area contributed by atoms with Gasteiger partial charge in [-0.25, -0.2) is 9.37 Å². The molecule has 8 nitrogen and oxygen atoms in total. The summed E-state index contributed by atoms with van der Waals surface area (Å²) in [7, 11) is 0. The van der Waals surface area contributed by atoms with Crippen molar-refractivity contribution in [1.82, 2.24) is 24.8 Å². The Morgan fingerprint density at radius 1 is 0.956 bits per heavy atom. The van der Waals surface area contributed by atoms with E-state index >= 15 is 0 Å². The number of pyridine rings is 2. The normalized spacial score (nSPS) is 14.8. The zero-order chi connectivity index (χ0) is 30.9. The summed E-state index contributed by atoms with van der Waals surface area (Å²) < 4.78 is 14.9. The minimum Gasteiger partial charge on any atom is -0.381 e. The van der Waals surface area contributed by atoms with Crippen molar-refractivity contribution in [2.75, 3.05) is 30.3 Å². The number of imidazole rings is 1. The maximum atomic E-state index is 14.9. The fraction of sp³-hybridized carbons (Fsp3) is 0.278. The second kappa shape index (κ2) is 12.2. The van der Waals surface area contributed by atoms with Crippen molar-refractivity contribution in [3.63, 3.8) is 0 Å². The molecule has 1 amide bonds. The molecule has 2 aliphatic heterocycles. The summed E-state index contributed by atoms with van der Waals surface area (Å²) in [6.45, 7) is 7.54. The molecule has 5 aromatic rings. The molecule has 0 atom stereocenters. The smallest absolute Gasteiger partial charge is 0.224 e. The highest BCUT2D eigenvalue weighted by atomic mass is 19.1. The number of benzene rings is 2. The molecule has 0 saturated carbocycles. The molecule has 1 fully saturated rings. The highest BCUT2D eigenvalue weighted by molar-refractivity contribution is 5.96.